The lowest BCUT2D eigenvalue weighted by Gasteiger charge is -2.09. The molecular weight excluding hydrogens is 254 g/mol. The van der Waals surface area contributed by atoms with Crippen LogP contribution in [0.25, 0.3) is 0 Å². The Labute approximate surface area is 113 Å². The van der Waals surface area contributed by atoms with Crippen molar-refractivity contribution in [2.45, 2.75) is 51.5 Å². The van der Waals surface area contributed by atoms with Gasteiger partial charge >= 0.3 is 5.97 Å². The second kappa shape index (κ2) is 8.75. The van der Waals surface area contributed by atoms with E-state index in [2.05, 4.69) is 12.2 Å². The summed E-state index contributed by atoms with van der Waals surface area (Å²) in [6.45, 7) is 2.75. The molecule has 1 aliphatic heterocycles. The van der Waals surface area contributed by atoms with E-state index in [1.54, 1.807) is 0 Å². The minimum atomic E-state index is -0.229. The summed E-state index contributed by atoms with van der Waals surface area (Å²) in [6, 6.07) is -0.229. The highest BCUT2D eigenvalue weighted by Crippen LogP contribution is 2.14. The molecule has 1 aliphatic rings. The lowest BCUT2D eigenvalue weighted by Crippen LogP contribution is -2.35. The van der Waals surface area contributed by atoms with Crippen molar-refractivity contribution < 1.29 is 9.53 Å². The minimum Gasteiger partial charge on any atom is -0.464 e. The van der Waals surface area contributed by atoms with E-state index < -0.39 is 0 Å². The van der Waals surface area contributed by atoms with E-state index in [4.69, 9.17) is 17.0 Å². The summed E-state index contributed by atoms with van der Waals surface area (Å²) >= 11 is 6.46. The number of unbranched alkanes of at least 4 members (excludes halogenated alkanes) is 5. The average molecular weight is 275 g/mol. The van der Waals surface area contributed by atoms with Gasteiger partial charge in [0.25, 0.3) is 0 Å². The zero-order valence-electron chi connectivity index (χ0n) is 10.4. The summed E-state index contributed by atoms with van der Waals surface area (Å²) in [6.07, 6.45) is 7.23. The number of carbonyl (C=O) groups is 1. The molecule has 1 N–H and O–H groups in total. The van der Waals surface area contributed by atoms with Gasteiger partial charge in [-0.2, -0.15) is 0 Å². The van der Waals surface area contributed by atoms with Gasteiger partial charge < -0.3 is 10.1 Å². The van der Waals surface area contributed by atoms with Gasteiger partial charge in [0.1, 0.15) is 10.4 Å². The quantitative estimate of drug-likeness (QED) is 0.419. The topological polar surface area (TPSA) is 38.3 Å². The van der Waals surface area contributed by atoms with Gasteiger partial charge in [0.05, 0.1) is 6.61 Å². The largest absolute Gasteiger partial charge is 0.464 e. The van der Waals surface area contributed by atoms with E-state index in [1.807, 2.05) is 0 Å². The van der Waals surface area contributed by atoms with E-state index in [1.165, 1.54) is 37.4 Å². The smallest absolute Gasteiger partial charge is 0.329 e. The molecule has 0 aromatic rings. The summed E-state index contributed by atoms with van der Waals surface area (Å²) in [4.78, 5) is 11.6. The van der Waals surface area contributed by atoms with Gasteiger partial charge in [-0.15, -0.1) is 0 Å². The van der Waals surface area contributed by atoms with E-state index in [0.29, 0.717) is 16.7 Å². The Morgan fingerprint density at radius 2 is 2.12 bits per heavy atom. The second-order valence-electron chi connectivity index (χ2n) is 4.23. The Hall–Kier alpha value is -0.290. The average Bonchev–Trinajstić information content (AvgIpc) is 2.74. The Bertz CT molecular complexity index is 259. The predicted molar refractivity (Wildman–Crippen MR) is 76.3 cm³/mol. The Kier molecular flexibility index (Phi) is 7.60. The first-order chi connectivity index (χ1) is 8.24. The molecule has 1 heterocycles. The van der Waals surface area contributed by atoms with Crippen molar-refractivity contribution in [2.75, 3.05) is 12.4 Å². The highest BCUT2D eigenvalue weighted by Gasteiger charge is 2.26. The molecule has 1 atom stereocenters. The van der Waals surface area contributed by atoms with Crippen molar-refractivity contribution in [1.82, 2.24) is 5.32 Å². The molecule has 17 heavy (non-hydrogen) atoms. The maximum absolute atomic E-state index is 11.6. The molecule has 1 fully saturated rings. The van der Waals surface area contributed by atoms with E-state index in [0.717, 1.165) is 12.8 Å². The van der Waals surface area contributed by atoms with Crippen LogP contribution in [0.15, 0.2) is 0 Å². The molecule has 0 aromatic heterocycles. The van der Waals surface area contributed by atoms with Crippen molar-refractivity contribution in [3.63, 3.8) is 0 Å². The van der Waals surface area contributed by atoms with Gasteiger partial charge in [0.15, 0.2) is 0 Å². The minimum absolute atomic E-state index is 0.161. The molecule has 0 spiro atoms. The number of rotatable bonds is 8. The van der Waals surface area contributed by atoms with E-state index in [9.17, 15) is 4.79 Å². The van der Waals surface area contributed by atoms with E-state index in [-0.39, 0.29) is 12.0 Å². The number of hydrogen-bond donors (Lipinski definition) is 1. The highest BCUT2D eigenvalue weighted by atomic mass is 32.2. The van der Waals surface area contributed by atoms with Crippen LogP contribution in [0.5, 0.6) is 0 Å². The fourth-order valence-corrected chi connectivity index (χ4v) is 2.78. The number of thioether (sulfide) groups is 1. The highest BCUT2D eigenvalue weighted by molar-refractivity contribution is 8.23. The fraction of sp³-hybridized carbons (Fsp3) is 0.833. The van der Waals surface area contributed by atoms with Crippen molar-refractivity contribution in [2.24, 2.45) is 0 Å². The molecule has 3 nitrogen and oxygen atoms in total. The first kappa shape index (κ1) is 14.8. The number of carbonyl (C=O) groups excluding carboxylic acids is 1. The molecule has 0 bridgehead atoms. The van der Waals surface area contributed by atoms with Crippen LogP contribution in [0.4, 0.5) is 0 Å². The summed E-state index contributed by atoms with van der Waals surface area (Å²) in [5, 5.41) is 2.94. The number of hydrogen-bond acceptors (Lipinski definition) is 4. The number of nitrogens with one attached hydrogen (secondary N) is 1. The maximum atomic E-state index is 11.6. The third-order valence-electron chi connectivity index (χ3n) is 2.70. The van der Waals surface area contributed by atoms with Crippen molar-refractivity contribution >= 4 is 34.3 Å². The van der Waals surface area contributed by atoms with Crippen LogP contribution in [-0.4, -0.2) is 28.7 Å². The Morgan fingerprint density at radius 1 is 1.41 bits per heavy atom. The zero-order chi connectivity index (χ0) is 12.5. The maximum Gasteiger partial charge on any atom is 0.329 e. The molecule has 98 valence electrons. The molecule has 1 saturated heterocycles. The summed E-state index contributed by atoms with van der Waals surface area (Å²) < 4.78 is 5.91. The molecule has 0 saturated carbocycles. The van der Waals surface area contributed by atoms with E-state index >= 15 is 0 Å². The van der Waals surface area contributed by atoms with Gasteiger partial charge in [-0.05, 0) is 6.42 Å². The standard InChI is InChI=1S/C12H21NO2S2/c1-2-3-4-5-6-7-8-15-11(14)10-9-17-12(16)13-10/h10H,2-9H2,1H3,(H,13,16). The summed E-state index contributed by atoms with van der Waals surface area (Å²) in [5.74, 6) is 0.541. The molecule has 5 heteroatoms. The number of esters is 1. The number of thiocarbonyl (C=S) groups is 1. The molecule has 0 aliphatic carbocycles. The van der Waals surface area contributed by atoms with Crippen LogP contribution < -0.4 is 5.32 Å². The molecule has 1 rings (SSSR count). The summed E-state index contributed by atoms with van der Waals surface area (Å²) in [5.41, 5.74) is 0. The Morgan fingerprint density at radius 3 is 2.76 bits per heavy atom. The van der Waals surface area contributed by atoms with Gasteiger partial charge in [-0.3, -0.25) is 0 Å². The lowest BCUT2D eigenvalue weighted by molar-refractivity contribution is -0.145. The lowest BCUT2D eigenvalue weighted by atomic mass is 10.1. The first-order valence-corrected chi connectivity index (χ1v) is 7.73. The Balaban J connectivity index is 1.95. The van der Waals surface area contributed by atoms with Gasteiger partial charge in [-0.25, -0.2) is 4.79 Å². The SMILES string of the molecule is CCCCCCCCOC(=O)C1CSC(=S)N1. The molecule has 0 aromatic carbocycles. The molecular formula is C12H21NO2S2. The van der Waals surface area contributed by atoms with Crippen LogP contribution in [0.1, 0.15) is 45.4 Å². The third-order valence-corrected chi connectivity index (χ3v) is 4.05. The van der Waals surface area contributed by atoms with Crippen LogP contribution in [-0.2, 0) is 9.53 Å². The van der Waals surface area contributed by atoms with Crippen LogP contribution in [0.3, 0.4) is 0 Å². The number of ether oxygens (including phenoxy) is 1. The fourth-order valence-electron chi connectivity index (χ4n) is 1.67. The normalized spacial score (nSPS) is 19.1. The summed E-state index contributed by atoms with van der Waals surface area (Å²) in [7, 11) is 0. The van der Waals surface area contributed by atoms with Crippen LogP contribution in [0.2, 0.25) is 0 Å². The predicted octanol–water partition coefficient (Wildman–Crippen LogP) is 2.88. The third kappa shape index (κ3) is 6.27. The van der Waals surface area contributed by atoms with Gasteiger partial charge in [0.2, 0.25) is 0 Å². The zero-order valence-corrected chi connectivity index (χ0v) is 12.0. The second-order valence-corrected chi connectivity index (χ2v) is 5.93. The monoisotopic (exact) mass is 275 g/mol. The molecule has 0 radical (unpaired) electrons. The van der Waals surface area contributed by atoms with Crippen molar-refractivity contribution in [1.29, 1.82) is 0 Å². The van der Waals surface area contributed by atoms with Gasteiger partial charge in [0, 0.05) is 5.75 Å². The van der Waals surface area contributed by atoms with Crippen molar-refractivity contribution in [3.8, 4) is 0 Å². The van der Waals surface area contributed by atoms with Crippen LogP contribution >= 0.6 is 24.0 Å². The van der Waals surface area contributed by atoms with Crippen LogP contribution in [0, 0.1) is 0 Å². The van der Waals surface area contributed by atoms with Gasteiger partial charge in [-0.1, -0.05) is 63.0 Å². The first-order valence-electron chi connectivity index (χ1n) is 6.34. The molecule has 1 unspecified atom stereocenters. The molecule has 0 amide bonds. The van der Waals surface area contributed by atoms with Crippen molar-refractivity contribution in [3.05, 3.63) is 0 Å².